The molecule has 3 fully saturated rings. The number of nitrogens with zero attached hydrogens (tertiary/aromatic N) is 1. The summed E-state index contributed by atoms with van der Waals surface area (Å²) in [5.41, 5.74) is 7.95. The van der Waals surface area contributed by atoms with Crippen molar-refractivity contribution in [2.75, 3.05) is 19.6 Å². The largest absolute Gasteiger partial charge is 0.334 e. The van der Waals surface area contributed by atoms with Gasteiger partial charge in [-0.2, -0.15) is 0 Å². The first-order chi connectivity index (χ1) is 12.8. The number of amides is 1. The van der Waals surface area contributed by atoms with Gasteiger partial charge in [0.2, 0.25) is 5.91 Å². The van der Waals surface area contributed by atoms with Gasteiger partial charge in [-0.15, -0.1) is 12.4 Å². The first-order valence-corrected chi connectivity index (χ1v) is 9.83. The molecule has 5 rings (SSSR count). The number of nitrogens with one attached hydrogen (secondary N) is 3. The van der Waals surface area contributed by atoms with Gasteiger partial charge in [0.25, 0.3) is 0 Å². The molecule has 3 aliphatic rings. The van der Waals surface area contributed by atoms with E-state index in [4.69, 9.17) is 0 Å². The lowest BCUT2D eigenvalue weighted by Crippen LogP contribution is -2.50. The van der Waals surface area contributed by atoms with Crippen LogP contribution in [0, 0.1) is 5.92 Å². The number of carbonyl (C=O) groups is 1. The predicted octanol–water partition coefficient (Wildman–Crippen LogP) is 2.38. The second-order valence-electron chi connectivity index (χ2n) is 7.79. The minimum Gasteiger partial charge on any atom is -0.334 e. The number of fused-ring (bicyclic) bond motifs is 2. The molecule has 5 nitrogen and oxygen atoms in total. The predicted molar refractivity (Wildman–Crippen MR) is 110 cm³/mol. The topological polar surface area (TPSA) is 56.4 Å². The first kappa shape index (κ1) is 18.7. The zero-order valence-corrected chi connectivity index (χ0v) is 16.2. The van der Waals surface area contributed by atoms with E-state index in [1.807, 2.05) is 0 Å². The lowest BCUT2D eigenvalue weighted by molar-refractivity contribution is -0.135. The fraction of sp³-hybridized carbons (Fsp3) is 0.476. The van der Waals surface area contributed by atoms with E-state index in [0.29, 0.717) is 12.0 Å². The highest BCUT2D eigenvalue weighted by atomic mass is 35.5. The first-order valence-electron chi connectivity index (χ1n) is 9.83. The van der Waals surface area contributed by atoms with Gasteiger partial charge in [0, 0.05) is 25.0 Å². The minimum absolute atomic E-state index is 0. The second kappa shape index (κ2) is 7.76. The molecule has 0 bridgehead atoms. The highest BCUT2D eigenvalue weighted by molar-refractivity contribution is 5.88. The van der Waals surface area contributed by atoms with Crippen LogP contribution in [0.15, 0.2) is 42.5 Å². The number of benzene rings is 2. The van der Waals surface area contributed by atoms with Gasteiger partial charge < -0.3 is 10.2 Å². The van der Waals surface area contributed by atoms with Gasteiger partial charge in [-0.1, -0.05) is 42.5 Å². The molecule has 3 N–H and O–H groups in total. The molecule has 3 saturated heterocycles. The van der Waals surface area contributed by atoms with E-state index in [1.165, 1.54) is 16.3 Å². The lowest BCUT2D eigenvalue weighted by atomic mass is 9.88. The summed E-state index contributed by atoms with van der Waals surface area (Å²) in [5, 5.41) is 5.97. The highest BCUT2D eigenvalue weighted by Crippen LogP contribution is 2.37. The molecule has 3 heterocycles. The molecule has 27 heavy (non-hydrogen) atoms. The summed E-state index contributed by atoms with van der Waals surface area (Å²) in [5.74, 6) is 0.592. The SMILES string of the molecule is Cl.O=C(C1NNC2CCNCC21)N1CCCC1c1cccc2ccccc12. The molecular weight excluding hydrogens is 360 g/mol. The molecule has 6 heteroatoms. The molecule has 2 aromatic carbocycles. The third-order valence-electron chi connectivity index (χ3n) is 6.37. The van der Waals surface area contributed by atoms with Crippen LogP contribution in [0.1, 0.15) is 30.9 Å². The number of hydrogen-bond acceptors (Lipinski definition) is 4. The van der Waals surface area contributed by atoms with E-state index in [-0.39, 0.29) is 30.4 Å². The quantitative estimate of drug-likeness (QED) is 0.741. The molecule has 1 amide bonds. The van der Waals surface area contributed by atoms with Crippen LogP contribution < -0.4 is 16.2 Å². The van der Waals surface area contributed by atoms with Gasteiger partial charge in [0.05, 0.1) is 6.04 Å². The number of hydrogen-bond donors (Lipinski definition) is 3. The van der Waals surface area contributed by atoms with E-state index in [0.717, 1.165) is 38.9 Å². The lowest BCUT2D eigenvalue weighted by Gasteiger charge is -2.32. The van der Waals surface area contributed by atoms with E-state index in [1.54, 1.807) is 0 Å². The van der Waals surface area contributed by atoms with Gasteiger partial charge in [0.15, 0.2) is 0 Å². The van der Waals surface area contributed by atoms with Crippen molar-refractivity contribution < 1.29 is 4.79 Å². The zero-order valence-electron chi connectivity index (χ0n) is 15.4. The van der Waals surface area contributed by atoms with Crippen molar-refractivity contribution in [2.45, 2.75) is 37.4 Å². The Balaban J connectivity index is 0.00000180. The summed E-state index contributed by atoms with van der Waals surface area (Å²) in [6, 6.07) is 15.4. The smallest absolute Gasteiger partial charge is 0.241 e. The average molecular weight is 387 g/mol. The highest BCUT2D eigenvalue weighted by Gasteiger charge is 2.44. The number of halogens is 1. The molecule has 3 aliphatic heterocycles. The monoisotopic (exact) mass is 386 g/mol. The fourth-order valence-corrected chi connectivity index (χ4v) is 5.03. The van der Waals surface area contributed by atoms with Crippen molar-refractivity contribution in [2.24, 2.45) is 5.92 Å². The normalized spacial score (nSPS) is 30.1. The molecule has 4 unspecified atom stereocenters. The van der Waals surface area contributed by atoms with Crippen molar-refractivity contribution in [3.05, 3.63) is 48.0 Å². The van der Waals surface area contributed by atoms with Crippen LogP contribution >= 0.6 is 12.4 Å². The Bertz CT molecular complexity index is 823. The third-order valence-corrected chi connectivity index (χ3v) is 6.37. The van der Waals surface area contributed by atoms with Gasteiger partial charge >= 0.3 is 0 Å². The van der Waals surface area contributed by atoms with E-state index >= 15 is 0 Å². The fourth-order valence-electron chi connectivity index (χ4n) is 5.03. The Hall–Kier alpha value is -1.66. The molecule has 0 spiro atoms. The van der Waals surface area contributed by atoms with E-state index in [9.17, 15) is 4.79 Å². The van der Waals surface area contributed by atoms with Crippen LogP contribution in [-0.4, -0.2) is 42.5 Å². The van der Waals surface area contributed by atoms with Crippen LogP contribution in [-0.2, 0) is 4.79 Å². The van der Waals surface area contributed by atoms with Crippen molar-refractivity contribution in [3.63, 3.8) is 0 Å². The number of carbonyl (C=O) groups excluding carboxylic acids is 1. The summed E-state index contributed by atoms with van der Waals surface area (Å²) >= 11 is 0. The number of likely N-dealkylation sites (tertiary alicyclic amines) is 1. The maximum Gasteiger partial charge on any atom is 0.241 e. The molecule has 4 atom stereocenters. The summed E-state index contributed by atoms with van der Waals surface area (Å²) in [7, 11) is 0. The Morgan fingerprint density at radius 1 is 1.04 bits per heavy atom. The Kier molecular flexibility index (Phi) is 5.37. The van der Waals surface area contributed by atoms with E-state index in [2.05, 4.69) is 63.5 Å². The molecule has 0 saturated carbocycles. The molecular formula is C21H27ClN4O. The number of rotatable bonds is 2. The molecule has 0 aliphatic carbocycles. The third kappa shape index (κ3) is 3.23. The van der Waals surface area contributed by atoms with Crippen molar-refractivity contribution in [1.29, 1.82) is 0 Å². The van der Waals surface area contributed by atoms with Crippen LogP contribution in [0.2, 0.25) is 0 Å². The van der Waals surface area contributed by atoms with Gasteiger partial charge in [0.1, 0.15) is 6.04 Å². The molecule has 2 aromatic rings. The Labute approximate surface area is 166 Å². The average Bonchev–Trinajstić information content (AvgIpc) is 3.34. The molecule has 0 aromatic heterocycles. The Morgan fingerprint density at radius 3 is 2.81 bits per heavy atom. The van der Waals surface area contributed by atoms with Crippen molar-refractivity contribution >= 4 is 29.1 Å². The maximum atomic E-state index is 13.4. The van der Waals surface area contributed by atoms with Crippen LogP contribution in [0.3, 0.4) is 0 Å². The van der Waals surface area contributed by atoms with Crippen molar-refractivity contribution in [3.8, 4) is 0 Å². The van der Waals surface area contributed by atoms with Gasteiger partial charge in [-0.25, -0.2) is 5.43 Å². The summed E-state index contributed by atoms with van der Waals surface area (Å²) < 4.78 is 0. The number of piperidine rings is 1. The zero-order chi connectivity index (χ0) is 17.5. The standard InChI is InChI=1S/C21H26N4O.ClH/c26-21(20-17-13-22-11-10-18(17)23-24-20)25-12-4-9-19(25)16-8-3-6-14-5-1-2-7-15(14)16;/h1-3,5-8,17-20,22-24H,4,9-13H2;1H. The van der Waals surface area contributed by atoms with Gasteiger partial charge in [-0.05, 0) is 42.1 Å². The Morgan fingerprint density at radius 2 is 1.89 bits per heavy atom. The summed E-state index contributed by atoms with van der Waals surface area (Å²) in [6.45, 7) is 2.79. The van der Waals surface area contributed by atoms with E-state index < -0.39 is 0 Å². The van der Waals surface area contributed by atoms with Crippen LogP contribution in [0.25, 0.3) is 10.8 Å². The number of hydrazine groups is 1. The van der Waals surface area contributed by atoms with Crippen LogP contribution in [0.5, 0.6) is 0 Å². The van der Waals surface area contributed by atoms with Crippen LogP contribution in [0.4, 0.5) is 0 Å². The molecule has 0 radical (unpaired) electrons. The second-order valence-corrected chi connectivity index (χ2v) is 7.79. The molecule has 144 valence electrons. The van der Waals surface area contributed by atoms with Crippen molar-refractivity contribution in [1.82, 2.24) is 21.1 Å². The summed E-state index contributed by atoms with van der Waals surface area (Å²) in [6.07, 6.45) is 3.20. The summed E-state index contributed by atoms with van der Waals surface area (Å²) in [4.78, 5) is 15.5. The minimum atomic E-state index is -0.122. The van der Waals surface area contributed by atoms with Gasteiger partial charge in [-0.3, -0.25) is 10.2 Å². The maximum absolute atomic E-state index is 13.4.